The van der Waals surface area contributed by atoms with Crippen LogP contribution in [-0.4, -0.2) is 79.8 Å². The Balaban J connectivity index is 1.29. The third-order valence-electron chi connectivity index (χ3n) is 10.7. The van der Waals surface area contributed by atoms with Gasteiger partial charge in [0.1, 0.15) is 10.6 Å². The Labute approximate surface area is 323 Å². The predicted molar refractivity (Wildman–Crippen MR) is 194 cm³/mol. The van der Waals surface area contributed by atoms with Crippen molar-refractivity contribution in [2.75, 3.05) is 26.2 Å². The minimum Gasteiger partial charge on any atom is -0.493 e. The first-order valence-electron chi connectivity index (χ1n) is 18.4. The van der Waals surface area contributed by atoms with Gasteiger partial charge in [0, 0.05) is 56.1 Å². The Kier molecular flexibility index (Phi) is 11.8. The second-order valence-corrected chi connectivity index (χ2v) is 15.3. The Morgan fingerprint density at radius 3 is 2.38 bits per heavy atom. The van der Waals surface area contributed by atoms with Gasteiger partial charge in [0.05, 0.1) is 35.1 Å². The number of aromatic amines is 1. The molecule has 2 aliphatic rings. The number of likely N-dealkylation sites (tertiary alicyclic amines) is 2. The van der Waals surface area contributed by atoms with Crippen LogP contribution in [-0.2, 0) is 29.2 Å². The highest BCUT2D eigenvalue weighted by Gasteiger charge is 2.56. The number of halogens is 6. The fourth-order valence-corrected chi connectivity index (χ4v) is 8.67. The lowest BCUT2D eigenvalue weighted by Crippen LogP contribution is -2.68. The number of pyridine rings is 1. The van der Waals surface area contributed by atoms with Gasteiger partial charge in [-0.2, -0.15) is 31.4 Å². The van der Waals surface area contributed by atoms with Crippen LogP contribution in [0, 0.1) is 13.8 Å². The molecule has 0 unspecified atom stereocenters. The maximum atomic E-state index is 15.0. The average molecular weight is 808 g/mol. The van der Waals surface area contributed by atoms with Gasteiger partial charge in [-0.1, -0.05) is 42.9 Å². The van der Waals surface area contributed by atoms with Crippen LogP contribution in [0.4, 0.5) is 26.3 Å². The molecule has 5 heterocycles. The summed E-state index contributed by atoms with van der Waals surface area (Å²) in [6.07, 6.45) is -6.56. The zero-order valence-electron chi connectivity index (χ0n) is 31.1. The molecule has 4 aromatic rings. The Bertz CT molecular complexity index is 2010. The number of hydrogen-bond acceptors (Lipinski definition) is 8. The van der Waals surface area contributed by atoms with E-state index in [0.717, 1.165) is 41.5 Å². The van der Waals surface area contributed by atoms with Gasteiger partial charge in [0.15, 0.2) is 5.06 Å². The molecule has 0 radical (unpaired) electrons. The molecule has 0 aliphatic carbocycles. The van der Waals surface area contributed by atoms with Crippen LogP contribution in [0.15, 0.2) is 54.9 Å². The number of ether oxygens (including phenoxy) is 2. The molecule has 6 rings (SSSR count). The SMILES string of the molecule is CCC[C@H]1N(C(=O)c2cnccc2C(F)(F)F)CCC[C@@]1(Oc1ccc(C(F)(F)F)s1)C(=O)N1CCC(O)(c2ccccc2OCCc2c(C)n[nH]c2C)CC1. The molecule has 10 nitrogen and oxygen atoms in total. The first kappa shape index (κ1) is 41.0. The summed E-state index contributed by atoms with van der Waals surface area (Å²) in [6, 6.07) is 8.57. The van der Waals surface area contributed by atoms with Crippen LogP contribution in [0.1, 0.15) is 88.8 Å². The number of nitrogens with zero attached hydrogens (tertiary/aromatic N) is 4. The van der Waals surface area contributed by atoms with Gasteiger partial charge in [-0.05, 0) is 69.4 Å². The maximum absolute atomic E-state index is 15.0. The van der Waals surface area contributed by atoms with E-state index in [1.54, 1.807) is 31.2 Å². The van der Waals surface area contributed by atoms with Gasteiger partial charge in [0.2, 0.25) is 5.60 Å². The standard InChI is InChI=1S/C39H43F6N5O5S/c1-4-8-31-37(55-33-12-11-32(56-33)39(43,44)45,15-7-19-50(31)34(51)27-23-46-18-13-28(27)38(40,41)42)35(52)49-20-16-36(53,17-21-49)29-9-5-6-10-30(29)54-22-14-26-24(2)47-48-25(26)3/h5-6,9-13,18,23,31,53H,4,7-8,14-17,19-22H2,1-3H3,(H,47,48)/t31-,37+/m1/s1. The van der Waals surface area contributed by atoms with E-state index in [1.807, 2.05) is 13.8 Å². The lowest BCUT2D eigenvalue weighted by atomic mass is 9.78. The van der Waals surface area contributed by atoms with Crippen molar-refractivity contribution in [2.24, 2.45) is 0 Å². The number of H-pyrrole nitrogens is 1. The molecule has 0 saturated carbocycles. The summed E-state index contributed by atoms with van der Waals surface area (Å²) >= 11 is 0.294. The number of carbonyl (C=O) groups is 2. The van der Waals surface area contributed by atoms with E-state index in [1.165, 1.54) is 9.80 Å². The zero-order valence-corrected chi connectivity index (χ0v) is 31.9. The topological polar surface area (TPSA) is 121 Å². The Morgan fingerprint density at radius 1 is 1.00 bits per heavy atom. The summed E-state index contributed by atoms with van der Waals surface area (Å²) in [7, 11) is 0. The van der Waals surface area contributed by atoms with Crippen molar-refractivity contribution in [3.05, 3.63) is 93.4 Å². The van der Waals surface area contributed by atoms with Gasteiger partial charge in [-0.15, -0.1) is 0 Å². The molecule has 56 heavy (non-hydrogen) atoms. The average Bonchev–Trinajstić information content (AvgIpc) is 3.77. The smallest absolute Gasteiger partial charge is 0.425 e. The largest absolute Gasteiger partial charge is 0.493 e. The molecule has 302 valence electrons. The number of thiophene rings is 1. The third-order valence-corrected chi connectivity index (χ3v) is 11.7. The maximum Gasteiger partial charge on any atom is 0.425 e. The van der Waals surface area contributed by atoms with E-state index >= 15 is 0 Å². The van der Waals surface area contributed by atoms with Gasteiger partial charge < -0.3 is 24.4 Å². The van der Waals surface area contributed by atoms with Crippen molar-refractivity contribution in [3.63, 3.8) is 0 Å². The summed E-state index contributed by atoms with van der Waals surface area (Å²) < 4.78 is 95.9. The Morgan fingerprint density at radius 2 is 1.73 bits per heavy atom. The molecular weight excluding hydrogens is 765 g/mol. The summed E-state index contributed by atoms with van der Waals surface area (Å²) in [5.41, 5.74) is -1.91. The molecule has 2 atom stereocenters. The first-order valence-corrected chi connectivity index (χ1v) is 19.2. The zero-order chi connectivity index (χ0) is 40.5. The number of aryl methyl sites for hydroxylation is 2. The molecule has 2 amide bonds. The third kappa shape index (κ3) is 8.24. The van der Waals surface area contributed by atoms with Crippen molar-refractivity contribution < 1.29 is 50.5 Å². The van der Waals surface area contributed by atoms with E-state index < -0.39 is 57.4 Å². The first-order chi connectivity index (χ1) is 26.5. The quantitative estimate of drug-likeness (QED) is 0.148. The number of piperidine rings is 2. The minimum atomic E-state index is -4.88. The summed E-state index contributed by atoms with van der Waals surface area (Å²) in [6.45, 7) is 5.90. The number of rotatable bonds is 11. The molecule has 2 fully saturated rings. The number of para-hydroxylation sites is 1. The molecular formula is C39H43F6N5O5S. The van der Waals surface area contributed by atoms with Gasteiger partial charge in [-0.3, -0.25) is 19.7 Å². The minimum absolute atomic E-state index is 0.00798. The molecule has 0 bridgehead atoms. The van der Waals surface area contributed by atoms with Gasteiger partial charge in [-0.25, -0.2) is 0 Å². The van der Waals surface area contributed by atoms with Crippen molar-refractivity contribution in [1.29, 1.82) is 0 Å². The van der Waals surface area contributed by atoms with E-state index in [-0.39, 0.29) is 56.8 Å². The van der Waals surface area contributed by atoms with Gasteiger partial charge >= 0.3 is 12.4 Å². The lowest BCUT2D eigenvalue weighted by molar-refractivity contribution is -0.163. The number of alkyl halides is 6. The molecule has 3 aromatic heterocycles. The van der Waals surface area contributed by atoms with Crippen molar-refractivity contribution in [2.45, 2.75) is 95.3 Å². The fraction of sp³-hybridized carbons (Fsp3) is 0.487. The second kappa shape index (κ2) is 16.1. The van der Waals surface area contributed by atoms with Crippen LogP contribution in [0.3, 0.4) is 0 Å². The molecule has 0 spiro atoms. The van der Waals surface area contributed by atoms with Crippen LogP contribution in [0.25, 0.3) is 0 Å². The summed E-state index contributed by atoms with van der Waals surface area (Å²) in [5, 5.41) is 19.0. The van der Waals surface area contributed by atoms with E-state index in [9.17, 15) is 41.0 Å². The highest BCUT2D eigenvalue weighted by Crippen LogP contribution is 2.45. The number of nitrogens with one attached hydrogen (secondary N) is 1. The summed E-state index contributed by atoms with van der Waals surface area (Å²) in [4.78, 5) is 34.5. The van der Waals surface area contributed by atoms with Crippen LogP contribution < -0.4 is 9.47 Å². The number of benzene rings is 1. The summed E-state index contributed by atoms with van der Waals surface area (Å²) in [5.74, 6) is -1.17. The predicted octanol–water partition coefficient (Wildman–Crippen LogP) is 7.87. The number of aromatic nitrogens is 3. The van der Waals surface area contributed by atoms with Crippen LogP contribution in [0.2, 0.25) is 0 Å². The molecule has 2 aliphatic heterocycles. The highest BCUT2D eigenvalue weighted by molar-refractivity contribution is 7.13. The van der Waals surface area contributed by atoms with E-state index in [2.05, 4.69) is 15.2 Å². The number of aliphatic hydroxyl groups is 1. The normalized spacial score (nSPS) is 20.2. The number of hydrogen-bond donors (Lipinski definition) is 2. The molecule has 17 heteroatoms. The number of amides is 2. The van der Waals surface area contributed by atoms with Gasteiger partial charge in [0.25, 0.3) is 11.8 Å². The van der Waals surface area contributed by atoms with Crippen LogP contribution >= 0.6 is 11.3 Å². The van der Waals surface area contributed by atoms with Crippen molar-refractivity contribution in [3.8, 4) is 10.8 Å². The highest BCUT2D eigenvalue weighted by atomic mass is 32.1. The Hall–Kier alpha value is -4.64. The molecule has 2 saturated heterocycles. The van der Waals surface area contributed by atoms with Crippen LogP contribution in [0.5, 0.6) is 10.8 Å². The fourth-order valence-electron chi connectivity index (χ4n) is 7.88. The van der Waals surface area contributed by atoms with E-state index in [4.69, 9.17) is 9.47 Å². The van der Waals surface area contributed by atoms with E-state index in [0.29, 0.717) is 48.2 Å². The van der Waals surface area contributed by atoms with Crippen molar-refractivity contribution >= 4 is 23.2 Å². The second-order valence-electron chi connectivity index (χ2n) is 14.3. The number of carbonyl (C=O) groups excluding carboxylic acids is 2. The lowest BCUT2D eigenvalue weighted by Gasteiger charge is -2.51. The molecule has 1 aromatic carbocycles. The van der Waals surface area contributed by atoms with Crippen molar-refractivity contribution in [1.82, 2.24) is 25.0 Å². The molecule has 2 N–H and O–H groups in total. The monoisotopic (exact) mass is 807 g/mol.